The molecule has 1 aromatic carbocycles. The van der Waals surface area contributed by atoms with Gasteiger partial charge in [-0.25, -0.2) is 4.79 Å². The Balaban J connectivity index is 2.39. The summed E-state index contributed by atoms with van der Waals surface area (Å²) in [6, 6.07) is 5.60. The monoisotopic (exact) mass is 395 g/mol. The lowest BCUT2D eigenvalue weighted by Gasteiger charge is -2.35. The largest absolute Gasteiger partial charge is 0.449 e. The van der Waals surface area contributed by atoms with Gasteiger partial charge >= 0.3 is 5.97 Å². The van der Waals surface area contributed by atoms with Crippen LogP contribution in [0.5, 0.6) is 0 Å². The maximum absolute atomic E-state index is 12.7. The molecule has 0 aromatic heterocycles. The number of carbonyl (C=O) groups excluding carboxylic acids is 3. The molecule has 1 heterocycles. The first-order valence-electron chi connectivity index (χ1n) is 7.87. The molecule has 6 heteroatoms. The second-order valence-corrected chi connectivity index (χ2v) is 8.23. The molecule has 1 unspecified atom stereocenters. The van der Waals surface area contributed by atoms with Gasteiger partial charge in [0.25, 0.3) is 11.8 Å². The lowest BCUT2D eigenvalue weighted by Crippen LogP contribution is -2.53. The highest BCUT2D eigenvalue weighted by molar-refractivity contribution is 9.09. The zero-order valence-electron chi connectivity index (χ0n) is 14.5. The maximum atomic E-state index is 12.7. The van der Waals surface area contributed by atoms with E-state index < -0.39 is 34.3 Å². The van der Waals surface area contributed by atoms with Crippen molar-refractivity contribution in [2.75, 3.05) is 0 Å². The van der Waals surface area contributed by atoms with Gasteiger partial charge in [-0.05, 0) is 33.5 Å². The van der Waals surface area contributed by atoms with Crippen LogP contribution in [0.25, 0.3) is 0 Å². The Morgan fingerprint density at radius 2 is 1.54 bits per heavy atom. The SMILES string of the molecule is CC(C)C(Br)OC(=O)[C@H](N1C(=O)c2ccccc2C1=O)C(C)(C)C. The molecule has 0 fully saturated rings. The van der Waals surface area contributed by atoms with Crippen molar-refractivity contribution < 1.29 is 19.1 Å². The Labute approximate surface area is 150 Å². The topological polar surface area (TPSA) is 63.7 Å². The summed E-state index contributed by atoms with van der Waals surface area (Å²) >= 11 is 3.31. The quantitative estimate of drug-likeness (QED) is 0.443. The highest BCUT2D eigenvalue weighted by Crippen LogP contribution is 2.33. The normalized spacial score (nSPS) is 17.0. The van der Waals surface area contributed by atoms with Crippen LogP contribution in [0.2, 0.25) is 0 Å². The molecule has 1 aromatic rings. The summed E-state index contributed by atoms with van der Waals surface area (Å²) in [5.74, 6) is -1.43. The number of imide groups is 1. The molecule has 0 spiro atoms. The second-order valence-electron chi connectivity index (χ2n) is 7.33. The van der Waals surface area contributed by atoms with E-state index in [1.54, 1.807) is 45.0 Å². The van der Waals surface area contributed by atoms with Gasteiger partial charge in [0.05, 0.1) is 11.1 Å². The molecule has 0 saturated heterocycles. The average Bonchev–Trinajstić information content (AvgIpc) is 2.72. The number of fused-ring (bicyclic) bond motifs is 1. The maximum Gasteiger partial charge on any atom is 0.331 e. The van der Waals surface area contributed by atoms with Crippen LogP contribution in [0.3, 0.4) is 0 Å². The van der Waals surface area contributed by atoms with Crippen molar-refractivity contribution in [2.24, 2.45) is 11.3 Å². The van der Waals surface area contributed by atoms with E-state index in [1.807, 2.05) is 13.8 Å². The summed E-state index contributed by atoms with van der Waals surface area (Å²) in [5, 5.41) is -0.481. The van der Waals surface area contributed by atoms with E-state index in [2.05, 4.69) is 15.9 Å². The first-order valence-corrected chi connectivity index (χ1v) is 8.78. The zero-order chi connectivity index (χ0) is 18.2. The first kappa shape index (κ1) is 18.6. The molecule has 0 aliphatic carbocycles. The van der Waals surface area contributed by atoms with Gasteiger partial charge in [0, 0.05) is 5.92 Å². The summed E-state index contributed by atoms with van der Waals surface area (Å²) in [6.45, 7) is 9.23. The number of ether oxygens (including phenoxy) is 1. The standard InChI is InChI=1S/C18H22BrNO4/c1-10(2)14(19)24-17(23)13(18(3,4)5)20-15(21)11-8-6-7-9-12(11)16(20)22/h6-10,13-14H,1-5H3/t13-,14?/m0/s1. The predicted octanol–water partition coefficient (Wildman–Crippen LogP) is 3.62. The molecule has 0 saturated carbocycles. The molecule has 1 aliphatic rings. The van der Waals surface area contributed by atoms with Gasteiger partial charge in [-0.15, -0.1) is 0 Å². The Morgan fingerprint density at radius 1 is 1.08 bits per heavy atom. The van der Waals surface area contributed by atoms with E-state index in [0.29, 0.717) is 11.1 Å². The number of benzene rings is 1. The van der Waals surface area contributed by atoms with Crippen molar-refractivity contribution >= 4 is 33.7 Å². The van der Waals surface area contributed by atoms with Crippen molar-refractivity contribution in [1.82, 2.24) is 4.90 Å². The van der Waals surface area contributed by atoms with Crippen molar-refractivity contribution in [1.29, 1.82) is 0 Å². The number of carbonyl (C=O) groups is 3. The number of amides is 2. The third-order valence-corrected chi connectivity index (χ3v) is 5.12. The molecule has 24 heavy (non-hydrogen) atoms. The molecule has 1 aliphatic heterocycles. The third kappa shape index (κ3) is 3.38. The summed E-state index contributed by atoms with van der Waals surface area (Å²) in [4.78, 5) is 39.2. The number of halogens is 1. The molecular weight excluding hydrogens is 374 g/mol. The van der Waals surface area contributed by atoms with Gasteiger partial charge in [0.1, 0.15) is 6.04 Å². The van der Waals surface area contributed by atoms with Gasteiger partial charge in [-0.3, -0.25) is 14.5 Å². The van der Waals surface area contributed by atoms with E-state index in [4.69, 9.17) is 4.74 Å². The minimum atomic E-state index is -0.997. The Bertz CT molecular complexity index is 643. The zero-order valence-corrected chi connectivity index (χ0v) is 16.1. The van der Waals surface area contributed by atoms with E-state index in [1.165, 1.54) is 0 Å². The van der Waals surface area contributed by atoms with Crippen molar-refractivity contribution in [2.45, 2.75) is 45.7 Å². The van der Waals surface area contributed by atoms with Crippen LogP contribution in [0.15, 0.2) is 24.3 Å². The van der Waals surface area contributed by atoms with Crippen LogP contribution < -0.4 is 0 Å². The van der Waals surface area contributed by atoms with Gasteiger partial charge in [-0.1, -0.05) is 46.8 Å². The number of hydrogen-bond acceptors (Lipinski definition) is 4. The van der Waals surface area contributed by atoms with Crippen molar-refractivity contribution in [3.8, 4) is 0 Å². The van der Waals surface area contributed by atoms with E-state index >= 15 is 0 Å². The number of hydrogen-bond donors (Lipinski definition) is 0. The molecule has 0 bridgehead atoms. The summed E-state index contributed by atoms with van der Waals surface area (Å²) in [7, 11) is 0. The smallest absolute Gasteiger partial charge is 0.331 e. The van der Waals surface area contributed by atoms with Crippen LogP contribution in [0.1, 0.15) is 55.3 Å². The van der Waals surface area contributed by atoms with Gasteiger partial charge in [-0.2, -0.15) is 0 Å². The Hall–Kier alpha value is -1.69. The van der Waals surface area contributed by atoms with Crippen molar-refractivity contribution in [3.63, 3.8) is 0 Å². The molecule has 130 valence electrons. The lowest BCUT2D eigenvalue weighted by molar-refractivity contribution is -0.154. The van der Waals surface area contributed by atoms with E-state index in [9.17, 15) is 14.4 Å². The van der Waals surface area contributed by atoms with Crippen LogP contribution in [-0.2, 0) is 9.53 Å². The Kier molecular flexibility index (Phi) is 5.18. The minimum absolute atomic E-state index is 0.0664. The number of rotatable bonds is 4. The van der Waals surface area contributed by atoms with Crippen molar-refractivity contribution in [3.05, 3.63) is 35.4 Å². The van der Waals surface area contributed by atoms with Gasteiger partial charge in [0.15, 0.2) is 5.01 Å². The highest BCUT2D eigenvalue weighted by Gasteiger charge is 2.48. The molecule has 0 N–H and O–H groups in total. The second kappa shape index (κ2) is 6.67. The molecular formula is C18H22BrNO4. The lowest BCUT2D eigenvalue weighted by atomic mass is 9.85. The first-order chi connectivity index (χ1) is 11.1. The highest BCUT2D eigenvalue weighted by atomic mass is 79.9. The molecule has 5 nitrogen and oxygen atoms in total. The fourth-order valence-corrected chi connectivity index (χ4v) is 2.78. The van der Waals surface area contributed by atoms with Gasteiger partial charge < -0.3 is 4.74 Å². The summed E-state index contributed by atoms with van der Waals surface area (Å²) in [5.41, 5.74) is -0.0127. The number of esters is 1. The number of alkyl halides is 1. The van der Waals surface area contributed by atoms with E-state index in [0.717, 1.165) is 4.90 Å². The van der Waals surface area contributed by atoms with Crippen LogP contribution in [0, 0.1) is 11.3 Å². The molecule has 2 amide bonds. The minimum Gasteiger partial charge on any atom is -0.449 e. The average molecular weight is 396 g/mol. The molecule has 2 atom stereocenters. The summed E-state index contributed by atoms with van der Waals surface area (Å²) < 4.78 is 5.44. The summed E-state index contributed by atoms with van der Waals surface area (Å²) in [6.07, 6.45) is 0. The fraction of sp³-hybridized carbons (Fsp3) is 0.500. The molecule has 2 rings (SSSR count). The number of nitrogens with zero attached hydrogens (tertiary/aromatic N) is 1. The predicted molar refractivity (Wildman–Crippen MR) is 93.8 cm³/mol. The third-order valence-electron chi connectivity index (χ3n) is 3.88. The molecule has 0 radical (unpaired) electrons. The fourth-order valence-electron chi connectivity index (χ4n) is 2.60. The van der Waals surface area contributed by atoms with Crippen LogP contribution in [-0.4, -0.2) is 33.7 Å². The van der Waals surface area contributed by atoms with Gasteiger partial charge in [0.2, 0.25) is 0 Å². The van der Waals surface area contributed by atoms with E-state index in [-0.39, 0.29) is 5.92 Å². The van der Waals surface area contributed by atoms with Crippen LogP contribution >= 0.6 is 15.9 Å². The van der Waals surface area contributed by atoms with Crippen LogP contribution in [0.4, 0.5) is 0 Å². The Morgan fingerprint density at radius 3 is 1.92 bits per heavy atom.